The maximum Gasteiger partial charge on any atom is 0.413 e. The zero-order valence-corrected chi connectivity index (χ0v) is 13.9. The number of anilines is 1. The number of carbonyl (C=O) groups is 2. The SMILES string of the molecule is NCCO/N=C(\C(=O)O)c1csc(NC(=O)OCc2ccccc2)n1. The van der Waals surface area contributed by atoms with Crippen LogP contribution in [0.3, 0.4) is 0 Å². The summed E-state index contributed by atoms with van der Waals surface area (Å²) in [4.78, 5) is 31.7. The molecule has 0 saturated heterocycles. The summed E-state index contributed by atoms with van der Waals surface area (Å²) in [5.74, 6) is -1.31. The molecule has 0 spiro atoms. The van der Waals surface area contributed by atoms with Crippen molar-refractivity contribution < 1.29 is 24.3 Å². The van der Waals surface area contributed by atoms with Crippen LogP contribution >= 0.6 is 11.3 Å². The van der Waals surface area contributed by atoms with Gasteiger partial charge in [-0.3, -0.25) is 5.32 Å². The third kappa shape index (κ3) is 5.86. The van der Waals surface area contributed by atoms with Gasteiger partial charge in [-0.1, -0.05) is 35.5 Å². The van der Waals surface area contributed by atoms with Crippen molar-refractivity contribution in [2.45, 2.75) is 6.61 Å². The lowest BCUT2D eigenvalue weighted by Gasteiger charge is -2.04. The van der Waals surface area contributed by atoms with Gasteiger partial charge < -0.3 is 20.4 Å². The Bertz CT molecular complexity index is 747. The third-order valence-corrected chi connectivity index (χ3v) is 3.49. The van der Waals surface area contributed by atoms with E-state index in [9.17, 15) is 9.59 Å². The van der Waals surface area contributed by atoms with Crippen molar-refractivity contribution in [3.05, 3.63) is 47.0 Å². The van der Waals surface area contributed by atoms with Gasteiger partial charge in [0.05, 0.1) is 0 Å². The first-order valence-electron chi connectivity index (χ1n) is 7.17. The van der Waals surface area contributed by atoms with Crippen molar-refractivity contribution in [2.75, 3.05) is 18.5 Å². The lowest BCUT2D eigenvalue weighted by molar-refractivity contribution is -0.129. The van der Waals surface area contributed by atoms with Crippen molar-refractivity contribution in [1.29, 1.82) is 0 Å². The normalized spacial score (nSPS) is 11.0. The van der Waals surface area contributed by atoms with Gasteiger partial charge in [0.15, 0.2) is 5.13 Å². The number of carboxylic acid groups (broad SMARTS) is 1. The lowest BCUT2D eigenvalue weighted by atomic mass is 10.2. The van der Waals surface area contributed by atoms with E-state index in [1.165, 1.54) is 5.38 Å². The summed E-state index contributed by atoms with van der Waals surface area (Å²) < 4.78 is 5.06. The lowest BCUT2D eigenvalue weighted by Crippen LogP contribution is -2.17. The van der Waals surface area contributed by atoms with Crippen molar-refractivity contribution >= 4 is 34.2 Å². The largest absolute Gasteiger partial charge is 0.476 e. The van der Waals surface area contributed by atoms with Gasteiger partial charge >= 0.3 is 12.1 Å². The fourth-order valence-corrected chi connectivity index (χ4v) is 2.33. The molecule has 0 radical (unpaired) electrons. The molecule has 1 heterocycles. The first-order chi connectivity index (χ1) is 12.1. The minimum atomic E-state index is -1.31. The summed E-state index contributed by atoms with van der Waals surface area (Å²) in [6.07, 6.45) is -0.696. The average Bonchev–Trinajstić information content (AvgIpc) is 3.05. The predicted octanol–water partition coefficient (Wildman–Crippen LogP) is 1.66. The number of aliphatic carboxylic acids is 1. The van der Waals surface area contributed by atoms with Crippen LogP contribution in [0.4, 0.5) is 9.93 Å². The molecule has 0 aliphatic heterocycles. The van der Waals surface area contributed by atoms with E-state index >= 15 is 0 Å². The highest BCUT2D eigenvalue weighted by Gasteiger charge is 2.18. The van der Waals surface area contributed by atoms with E-state index in [1.54, 1.807) is 0 Å². The van der Waals surface area contributed by atoms with Crippen LogP contribution in [0.25, 0.3) is 0 Å². The Morgan fingerprint density at radius 3 is 2.76 bits per heavy atom. The molecule has 0 atom stereocenters. The number of carbonyl (C=O) groups excluding carboxylic acids is 1. The molecule has 0 aliphatic rings. The van der Waals surface area contributed by atoms with Gasteiger partial charge in [-0.15, -0.1) is 11.3 Å². The number of nitrogens with one attached hydrogen (secondary N) is 1. The summed E-state index contributed by atoms with van der Waals surface area (Å²) in [6.45, 7) is 0.394. The molecule has 25 heavy (non-hydrogen) atoms. The molecular weight excluding hydrogens is 348 g/mol. The molecule has 0 aliphatic carbocycles. The molecule has 0 unspecified atom stereocenters. The molecule has 1 aromatic carbocycles. The number of oxime groups is 1. The fraction of sp³-hybridized carbons (Fsp3) is 0.200. The maximum absolute atomic E-state index is 11.8. The third-order valence-electron chi connectivity index (χ3n) is 2.74. The number of thiazole rings is 1. The molecule has 2 rings (SSSR count). The van der Waals surface area contributed by atoms with Crippen molar-refractivity contribution in [2.24, 2.45) is 10.9 Å². The van der Waals surface area contributed by atoms with E-state index in [2.05, 4.69) is 15.5 Å². The van der Waals surface area contributed by atoms with Crippen LogP contribution in [0.2, 0.25) is 0 Å². The van der Waals surface area contributed by atoms with E-state index in [-0.39, 0.29) is 36.3 Å². The Hall–Kier alpha value is -2.98. The minimum absolute atomic E-state index is 0.0629. The van der Waals surface area contributed by atoms with E-state index in [0.29, 0.717) is 0 Å². The van der Waals surface area contributed by atoms with E-state index < -0.39 is 12.1 Å². The Balaban J connectivity index is 1.94. The summed E-state index contributed by atoms with van der Waals surface area (Å²) in [7, 11) is 0. The molecule has 2 aromatic rings. The van der Waals surface area contributed by atoms with Gasteiger partial charge in [0.25, 0.3) is 0 Å². The highest BCUT2D eigenvalue weighted by atomic mass is 32.1. The van der Waals surface area contributed by atoms with Crippen molar-refractivity contribution in [3.8, 4) is 0 Å². The fourth-order valence-electron chi connectivity index (χ4n) is 1.64. The van der Waals surface area contributed by atoms with Crippen LogP contribution in [0, 0.1) is 0 Å². The second-order valence-corrected chi connectivity index (χ2v) is 5.45. The molecule has 0 bridgehead atoms. The summed E-state index contributed by atoms with van der Waals surface area (Å²) in [6, 6.07) is 9.18. The second kappa shape index (κ2) is 9.35. The van der Waals surface area contributed by atoms with Crippen LogP contribution in [0.15, 0.2) is 40.9 Å². The Morgan fingerprint density at radius 2 is 2.08 bits per heavy atom. The number of benzene rings is 1. The topological polar surface area (TPSA) is 136 Å². The molecule has 9 nitrogen and oxygen atoms in total. The quantitative estimate of drug-likeness (QED) is 0.368. The van der Waals surface area contributed by atoms with Crippen molar-refractivity contribution in [1.82, 2.24) is 4.98 Å². The Morgan fingerprint density at radius 1 is 1.32 bits per heavy atom. The van der Waals surface area contributed by atoms with Gasteiger partial charge in [0.2, 0.25) is 5.71 Å². The van der Waals surface area contributed by atoms with Crippen molar-refractivity contribution in [3.63, 3.8) is 0 Å². The molecule has 1 amide bonds. The Labute approximate surface area is 147 Å². The summed E-state index contributed by atoms with van der Waals surface area (Å²) in [5.41, 5.74) is 5.77. The number of nitrogens with zero attached hydrogens (tertiary/aromatic N) is 2. The first kappa shape index (κ1) is 18.4. The Kier molecular flexibility index (Phi) is 6.87. The first-order valence-corrected chi connectivity index (χ1v) is 8.05. The van der Waals surface area contributed by atoms with Gasteiger partial charge in [-0.25, -0.2) is 14.6 Å². The number of hydrogen-bond donors (Lipinski definition) is 3. The molecule has 4 N–H and O–H groups in total. The zero-order valence-electron chi connectivity index (χ0n) is 13.0. The summed E-state index contributed by atoms with van der Waals surface area (Å²) in [5, 5.41) is 16.7. The van der Waals surface area contributed by atoms with Crippen LogP contribution in [0.1, 0.15) is 11.3 Å². The summed E-state index contributed by atoms with van der Waals surface area (Å²) >= 11 is 1.04. The molecule has 0 saturated carbocycles. The van der Waals surface area contributed by atoms with E-state index in [4.69, 9.17) is 20.4 Å². The van der Waals surface area contributed by atoms with Gasteiger partial charge in [-0.05, 0) is 5.56 Å². The smallest absolute Gasteiger partial charge is 0.413 e. The van der Waals surface area contributed by atoms with Gasteiger partial charge in [-0.2, -0.15) is 0 Å². The van der Waals surface area contributed by atoms with Gasteiger partial charge in [0.1, 0.15) is 18.9 Å². The molecule has 10 heteroatoms. The molecule has 0 fully saturated rings. The number of rotatable bonds is 8. The molecule has 132 valence electrons. The molecular formula is C15H16N4O5S. The standard InChI is InChI=1S/C15H16N4O5S/c16-6-7-24-19-12(13(20)21)11-9-25-14(17-11)18-15(22)23-8-10-4-2-1-3-5-10/h1-5,9H,6-8,16H2,(H,20,21)(H,17,18,22)/b19-12-. The van der Waals surface area contributed by atoms with Crippen LogP contribution < -0.4 is 11.1 Å². The highest BCUT2D eigenvalue weighted by Crippen LogP contribution is 2.17. The highest BCUT2D eigenvalue weighted by molar-refractivity contribution is 7.14. The van der Waals surface area contributed by atoms with Crippen LogP contribution in [-0.4, -0.2) is 41.0 Å². The minimum Gasteiger partial charge on any atom is -0.476 e. The number of aromatic nitrogens is 1. The average molecular weight is 364 g/mol. The number of nitrogens with two attached hydrogens (primary N) is 1. The number of amides is 1. The van der Waals surface area contributed by atoms with Crippen LogP contribution in [-0.2, 0) is 21.0 Å². The second-order valence-electron chi connectivity index (χ2n) is 4.59. The monoisotopic (exact) mass is 364 g/mol. The predicted molar refractivity (Wildman–Crippen MR) is 91.5 cm³/mol. The molecule has 1 aromatic heterocycles. The number of carboxylic acids is 1. The van der Waals surface area contributed by atoms with Crippen LogP contribution in [0.5, 0.6) is 0 Å². The van der Waals surface area contributed by atoms with Gasteiger partial charge in [0, 0.05) is 11.9 Å². The number of hydrogen-bond acceptors (Lipinski definition) is 8. The zero-order chi connectivity index (χ0) is 18.1. The number of ether oxygens (including phenoxy) is 1. The van der Waals surface area contributed by atoms with E-state index in [1.807, 2.05) is 30.3 Å². The van der Waals surface area contributed by atoms with E-state index in [0.717, 1.165) is 16.9 Å². The maximum atomic E-state index is 11.8.